The van der Waals surface area contributed by atoms with Gasteiger partial charge < -0.3 is 24.0 Å². The highest BCUT2D eigenvalue weighted by molar-refractivity contribution is 6.46. The normalized spacial score (nSPS) is 16.4. The van der Waals surface area contributed by atoms with Gasteiger partial charge in [-0.3, -0.25) is 9.59 Å². The average Bonchev–Trinajstić information content (AvgIpc) is 3.59. The molecule has 4 aromatic rings. The molecule has 1 aliphatic rings. The molecule has 8 heteroatoms. The first kappa shape index (κ1) is 25.8. The molecule has 0 spiro atoms. The van der Waals surface area contributed by atoms with Crippen molar-refractivity contribution in [3.8, 4) is 11.5 Å². The Balaban J connectivity index is 1.49. The number of hydrogen-bond acceptors (Lipinski definition) is 6. The molecule has 1 fully saturated rings. The summed E-state index contributed by atoms with van der Waals surface area (Å²) in [6, 6.07) is 23.1. The van der Waals surface area contributed by atoms with Crippen LogP contribution in [0.3, 0.4) is 0 Å². The number of aliphatic hydroxyl groups is 1. The molecule has 0 bridgehead atoms. The molecule has 0 saturated carbocycles. The summed E-state index contributed by atoms with van der Waals surface area (Å²) >= 11 is 0. The van der Waals surface area contributed by atoms with E-state index in [1.165, 1.54) is 4.90 Å². The van der Waals surface area contributed by atoms with Gasteiger partial charge in [-0.05, 0) is 53.9 Å². The average molecular weight is 524 g/mol. The number of methoxy groups -OCH3 is 1. The molecule has 1 amide bonds. The molecular weight excluding hydrogens is 494 g/mol. The Bertz CT molecular complexity index is 1460. The maximum Gasteiger partial charge on any atom is 0.295 e. The summed E-state index contributed by atoms with van der Waals surface area (Å²) in [6.07, 6.45) is 5.86. The molecule has 1 aliphatic heterocycles. The monoisotopic (exact) mass is 523 g/mol. The zero-order valence-electron chi connectivity index (χ0n) is 21.6. The molecule has 0 aliphatic carbocycles. The van der Waals surface area contributed by atoms with Gasteiger partial charge in [-0.25, -0.2) is 4.98 Å². The van der Waals surface area contributed by atoms with Crippen LogP contribution in [-0.2, 0) is 22.7 Å². The van der Waals surface area contributed by atoms with Crippen LogP contribution in [0.4, 0.5) is 0 Å². The van der Waals surface area contributed by atoms with Gasteiger partial charge in [0.1, 0.15) is 23.9 Å². The Kier molecular flexibility index (Phi) is 7.73. The van der Waals surface area contributed by atoms with E-state index >= 15 is 0 Å². The van der Waals surface area contributed by atoms with Gasteiger partial charge >= 0.3 is 0 Å². The molecule has 5 rings (SSSR count). The standard InChI is InChI=1S/C31H29N3O5/c1-38-25-13-11-23(12-14-25)29(35)27-28(34(31(37)30(27)36)17-6-16-33-18-15-32-21-33)24-9-5-10-26(19-24)39-20-22-7-3-2-4-8-22/h2-5,7-15,18-19,21,28,35H,6,16-17,20H2,1H3. The fourth-order valence-electron chi connectivity index (χ4n) is 4.72. The maximum absolute atomic E-state index is 13.3. The van der Waals surface area contributed by atoms with Gasteiger partial charge in [0.15, 0.2) is 0 Å². The fraction of sp³-hybridized carbons (Fsp3) is 0.194. The summed E-state index contributed by atoms with van der Waals surface area (Å²) < 4.78 is 13.2. The Morgan fingerprint density at radius 3 is 2.46 bits per heavy atom. The lowest BCUT2D eigenvalue weighted by atomic mass is 9.95. The van der Waals surface area contributed by atoms with Crippen molar-refractivity contribution >= 4 is 17.4 Å². The first-order chi connectivity index (χ1) is 19.0. The van der Waals surface area contributed by atoms with Crippen molar-refractivity contribution < 1.29 is 24.2 Å². The lowest BCUT2D eigenvalue weighted by molar-refractivity contribution is -0.139. The van der Waals surface area contributed by atoms with Crippen molar-refractivity contribution in [1.29, 1.82) is 0 Å². The van der Waals surface area contributed by atoms with E-state index < -0.39 is 17.7 Å². The summed E-state index contributed by atoms with van der Waals surface area (Å²) in [5, 5.41) is 11.3. The Morgan fingerprint density at radius 1 is 0.949 bits per heavy atom. The van der Waals surface area contributed by atoms with E-state index in [0.29, 0.717) is 48.7 Å². The Morgan fingerprint density at radius 2 is 1.74 bits per heavy atom. The number of carbonyl (C=O) groups is 2. The molecule has 2 heterocycles. The highest BCUT2D eigenvalue weighted by atomic mass is 16.5. The number of Topliss-reactive ketones (excluding diaryl/α,β-unsaturated/α-hetero) is 1. The summed E-state index contributed by atoms with van der Waals surface area (Å²) in [7, 11) is 1.55. The molecule has 1 atom stereocenters. The van der Waals surface area contributed by atoms with Crippen molar-refractivity contribution in [3.05, 3.63) is 120 Å². The zero-order chi connectivity index (χ0) is 27.2. The smallest absolute Gasteiger partial charge is 0.295 e. The van der Waals surface area contributed by atoms with Crippen molar-refractivity contribution in [1.82, 2.24) is 14.5 Å². The molecule has 1 N–H and O–H groups in total. The first-order valence-corrected chi connectivity index (χ1v) is 12.7. The summed E-state index contributed by atoms with van der Waals surface area (Å²) in [4.78, 5) is 32.2. The molecule has 0 radical (unpaired) electrons. The second kappa shape index (κ2) is 11.7. The third kappa shape index (κ3) is 5.70. The van der Waals surface area contributed by atoms with Gasteiger partial charge in [-0.1, -0.05) is 42.5 Å². The minimum atomic E-state index is -0.768. The van der Waals surface area contributed by atoms with Crippen LogP contribution in [0.2, 0.25) is 0 Å². The lowest BCUT2D eigenvalue weighted by Crippen LogP contribution is -2.31. The van der Waals surface area contributed by atoms with Crippen molar-refractivity contribution in [2.75, 3.05) is 13.7 Å². The van der Waals surface area contributed by atoms with E-state index in [9.17, 15) is 14.7 Å². The Labute approximate surface area is 226 Å². The van der Waals surface area contributed by atoms with Gasteiger partial charge in [0, 0.05) is 31.0 Å². The minimum Gasteiger partial charge on any atom is -0.507 e. The van der Waals surface area contributed by atoms with E-state index in [1.807, 2.05) is 65.4 Å². The van der Waals surface area contributed by atoms with E-state index in [-0.39, 0.29) is 11.3 Å². The number of aryl methyl sites for hydroxylation is 1. The van der Waals surface area contributed by atoms with Gasteiger partial charge in [-0.2, -0.15) is 0 Å². The third-order valence-corrected chi connectivity index (χ3v) is 6.70. The summed E-state index contributed by atoms with van der Waals surface area (Å²) in [6.45, 7) is 1.33. The van der Waals surface area contributed by atoms with Crippen LogP contribution in [0.25, 0.3) is 5.76 Å². The molecule has 1 aromatic heterocycles. The van der Waals surface area contributed by atoms with Gasteiger partial charge in [0.2, 0.25) is 0 Å². The molecular formula is C31H29N3O5. The third-order valence-electron chi connectivity index (χ3n) is 6.70. The number of carbonyl (C=O) groups excluding carboxylic acids is 2. The number of hydrogen-bond donors (Lipinski definition) is 1. The second-order valence-corrected chi connectivity index (χ2v) is 9.22. The SMILES string of the molecule is COc1ccc(C(O)=C2C(=O)C(=O)N(CCCn3ccnc3)C2c2cccc(OCc3ccccc3)c2)cc1. The fourth-order valence-corrected chi connectivity index (χ4v) is 4.72. The maximum atomic E-state index is 13.3. The number of ketones is 1. The van der Waals surface area contributed by atoms with Gasteiger partial charge in [-0.15, -0.1) is 0 Å². The van der Waals surface area contributed by atoms with E-state index in [4.69, 9.17) is 9.47 Å². The van der Waals surface area contributed by atoms with Crippen LogP contribution >= 0.6 is 0 Å². The Hall–Kier alpha value is -4.85. The predicted octanol–water partition coefficient (Wildman–Crippen LogP) is 4.98. The molecule has 8 nitrogen and oxygen atoms in total. The number of ether oxygens (including phenoxy) is 2. The zero-order valence-corrected chi connectivity index (χ0v) is 21.6. The highest BCUT2D eigenvalue weighted by Gasteiger charge is 2.45. The van der Waals surface area contributed by atoms with Crippen molar-refractivity contribution in [3.63, 3.8) is 0 Å². The summed E-state index contributed by atoms with van der Waals surface area (Å²) in [5.41, 5.74) is 2.17. The number of amides is 1. The first-order valence-electron chi connectivity index (χ1n) is 12.7. The summed E-state index contributed by atoms with van der Waals surface area (Å²) in [5.74, 6) is -0.368. The lowest BCUT2D eigenvalue weighted by Gasteiger charge is -2.26. The number of nitrogens with zero attached hydrogens (tertiary/aromatic N) is 3. The second-order valence-electron chi connectivity index (χ2n) is 9.22. The van der Waals surface area contributed by atoms with Crippen LogP contribution in [0.15, 0.2) is 103 Å². The van der Waals surface area contributed by atoms with Crippen LogP contribution in [0, 0.1) is 0 Å². The number of aromatic nitrogens is 2. The quantitative estimate of drug-likeness (QED) is 0.179. The number of imidazole rings is 1. The van der Waals surface area contributed by atoms with E-state index in [2.05, 4.69) is 4.98 Å². The molecule has 1 unspecified atom stereocenters. The largest absolute Gasteiger partial charge is 0.507 e. The van der Waals surface area contributed by atoms with Crippen molar-refractivity contribution in [2.24, 2.45) is 0 Å². The minimum absolute atomic E-state index is 0.0491. The molecule has 1 saturated heterocycles. The van der Waals surface area contributed by atoms with E-state index in [1.54, 1.807) is 43.9 Å². The highest BCUT2D eigenvalue weighted by Crippen LogP contribution is 2.40. The van der Waals surface area contributed by atoms with Gasteiger partial charge in [0.25, 0.3) is 11.7 Å². The van der Waals surface area contributed by atoms with Crippen LogP contribution in [0.1, 0.15) is 29.2 Å². The van der Waals surface area contributed by atoms with E-state index in [0.717, 1.165) is 5.56 Å². The number of benzene rings is 3. The number of aliphatic hydroxyl groups excluding tert-OH is 1. The van der Waals surface area contributed by atoms with Crippen LogP contribution in [-0.4, -0.2) is 44.9 Å². The van der Waals surface area contributed by atoms with Crippen molar-refractivity contribution in [2.45, 2.75) is 25.6 Å². The number of rotatable bonds is 10. The van der Waals surface area contributed by atoms with Crippen LogP contribution < -0.4 is 9.47 Å². The molecule has 39 heavy (non-hydrogen) atoms. The molecule has 3 aromatic carbocycles. The van der Waals surface area contributed by atoms with Gasteiger partial charge in [0.05, 0.1) is 25.1 Å². The topological polar surface area (TPSA) is 93.9 Å². The van der Waals surface area contributed by atoms with Crippen LogP contribution in [0.5, 0.6) is 11.5 Å². The predicted molar refractivity (Wildman–Crippen MR) is 146 cm³/mol. The number of likely N-dealkylation sites (tertiary alicyclic amines) is 1. The molecule has 198 valence electrons.